The molecule has 0 atom stereocenters. The first-order valence-corrected chi connectivity index (χ1v) is 6.87. The lowest BCUT2D eigenvalue weighted by Crippen LogP contribution is -1.76. The van der Waals surface area contributed by atoms with Crippen molar-refractivity contribution in [3.05, 3.63) is 51.8 Å². The summed E-state index contributed by atoms with van der Waals surface area (Å²) in [6, 6.07) is 13.5. The molecule has 0 unspecified atom stereocenters. The van der Waals surface area contributed by atoms with Gasteiger partial charge in [-0.05, 0) is 35.9 Å². The third-order valence-electron chi connectivity index (χ3n) is 2.56. The van der Waals surface area contributed by atoms with Crippen molar-refractivity contribution in [1.82, 2.24) is 10.2 Å². The van der Waals surface area contributed by atoms with E-state index in [1.165, 1.54) is 11.3 Å². The normalized spacial score (nSPS) is 10.8. The molecule has 0 aliphatic rings. The van der Waals surface area contributed by atoms with Crippen LogP contribution in [-0.2, 0) is 0 Å². The summed E-state index contributed by atoms with van der Waals surface area (Å²) >= 11 is 13.3. The van der Waals surface area contributed by atoms with Crippen molar-refractivity contribution in [1.29, 1.82) is 0 Å². The van der Waals surface area contributed by atoms with E-state index in [1.54, 1.807) is 0 Å². The Morgan fingerprint density at radius 1 is 1.00 bits per heavy atom. The Morgan fingerprint density at radius 2 is 1.78 bits per heavy atom. The first-order chi connectivity index (χ1) is 8.72. The molecule has 90 valence electrons. The number of nitrogens with zero attached hydrogens (tertiary/aromatic N) is 1. The summed E-state index contributed by atoms with van der Waals surface area (Å²) in [6.45, 7) is 0. The Balaban J connectivity index is 1.96. The third kappa shape index (κ3) is 2.29. The van der Waals surface area contributed by atoms with Crippen LogP contribution in [0.2, 0.25) is 9.36 Å². The van der Waals surface area contributed by atoms with Crippen LogP contribution < -0.4 is 0 Å². The molecule has 0 radical (unpaired) electrons. The smallest absolute Gasteiger partial charge is 0.103 e. The Kier molecular flexibility index (Phi) is 3.12. The second-order valence-corrected chi connectivity index (χ2v) is 5.93. The van der Waals surface area contributed by atoms with Gasteiger partial charge in [0.1, 0.15) is 5.69 Å². The lowest BCUT2D eigenvalue weighted by atomic mass is 10.1. The van der Waals surface area contributed by atoms with Gasteiger partial charge in [-0.2, -0.15) is 5.10 Å². The topological polar surface area (TPSA) is 28.7 Å². The minimum Gasteiger partial charge on any atom is -0.277 e. The first kappa shape index (κ1) is 11.8. The van der Waals surface area contributed by atoms with Gasteiger partial charge in [0.05, 0.1) is 14.9 Å². The van der Waals surface area contributed by atoms with Gasteiger partial charge in [-0.15, -0.1) is 11.3 Å². The number of aromatic amines is 1. The predicted octanol–water partition coefficient (Wildman–Crippen LogP) is 5.11. The van der Waals surface area contributed by atoms with Crippen LogP contribution in [0.4, 0.5) is 0 Å². The SMILES string of the molecule is Clc1ccc(-c2cc(-c3ccc(Cl)s3)n[nH]2)cc1. The van der Waals surface area contributed by atoms with Crippen LogP contribution in [0, 0.1) is 0 Å². The van der Waals surface area contributed by atoms with Crippen LogP contribution >= 0.6 is 34.5 Å². The van der Waals surface area contributed by atoms with Crippen molar-refractivity contribution < 1.29 is 0 Å². The lowest BCUT2D eigenvalue weighted by molar-refractivity contribution is 1.10. The molecule has 2 heterocycles. The van der Waals surface area contributed by atoms with Gasteiger partial charge in [0, 0.05) is 5.02 Å². The van der Waals surface area contributed by atoms with E-state index in [4.69, 9.17) is 23.2 Å². The molecule has 0 saturated heterocycles. The maximum absolute atomic E-state index is 5.92. The number of hydrogen-bond donors (Lipinski definition) is 1. The molecule has 0 aliphatic carbocycles. The fourth-order valence-corrected chi connectivity index (χ4v) is 2.81. The zero-order valence-electron chi connectivity index (χ0n) is 9.15. The van der Waals surface area contributed by atoms with Crippen molar-refractivity contribution >= 4 is 34.5 Å². The highest BCUT2D eigenvalue weighted by molar-refractivity contribution is 7.19. The first-order valence-electron chi connectivity index (χ1n) is 5.29. The van der Waals surface area contributed by atoms with Crippen LogP contribution in [-0.4, -0.2) is 10.2 Å². The van der Waals surface area contributed by atoms with Crippen molar-refractivity contribution in [2.45, 2.75) is 0 Å². The molecule has 2 aromatic heterocycles. The maximum atomic E-state index is 5.92. The van der Waals surface area contributed by atoms with E-state index in [1.807, 2.05) is 42.5 Å². The number of H-pyrrole nitrogens is 1. The molecule has 0 fully saturated rings. The molecule has 2 nitrogen and oxygen atoms in total. The fraction of sp³-hybridized carbons (Fsp3) is 0. The van der Waals surface area contributed by atoms with Crippen LogP contribution in [0.25, 0.3) is 21.8 Å². The summed E-state index contributed by atoms with van der Waals surface area (Å²) < 4.78 is 0.765. The van der Waals surface area contributed by atoms with Crippen molar-refractivity contribution in [3.8, 4) is 21.8 Å². The molecule has 0 spiro atoms. The monoisotopic (exact) mass is 294 g/mol. The quantitative estimate of drug-likeness (QED) is 0.699. The molecule has 0 bridgehead atoms. The van der Waals surface area contributed by atoms with Gasteiger partial charge in [-0.25, -0.2) is 0 Å². The average Bonchev–Trinajstić information content (AvgIpc) is 2.98. The van der Waals surface area contributed by atoms with Gasteiger partial charge >= 0.3 is 0 Å². The second kappa shape index (κ2) is 4.76. The second-order valence-electron chi connectivity index (χ2n) is 3.78. The Morgan fingerprint density at radius 3 is 2.44 bits per heavy atom. The summed E-state index contributed by atoms with van der Waals surface area (Å²) in [7, 11) is 0. The number of halogens is 2. The largest absolute Gasteiger partial charge is 0.277 e. The molecule has 0 aliphatic heterocycles. The number of nitrogens with one attached hydrogen (secondary N) is 1. The summed E-state index contributed by atoms with van der Waals surface area (Å²) in [5.74, 6) is 0. The summed E-state index contributed by atoms with van der Waals surface area (Å²) in [6.07, 6.45) is 0. The zero-order chi connectivity index (χ0) is 12.5. The van der Waals surface area contributed by atoms with Gasteiger partial charge < -0.3 is 0 Å². The van der Waals surface area contributed by atoms with Gasteiger partial charge in [0.25, 0.3) is 0 Å². The summed E-state index contributed by atoms with van der Waals surface area (Å²) in [5.41, 5.74) is 2.92. The van der Waals surface area contributed by atoms with Crippen LogP contribution in [0.15, 0.2) is 42.5 Å². The molecular weight excluding hydrogens is 287 g/mol. The average molecular weight is 295 g/mol. The van der Waals surface area contributed by atoms with E-state index in [-0.39, 0.29) is 0 Å². The maximum Gasteiger partial charge on any atom is 0.103 e. The van der Waals surface area contributed by atoms with Gasteiger partial charge in [-0.3, -0.25) is 5.10 Å². The van der Waals surface area contributed by atoms with Gasteiger partial charge in [-0.1, -0.05) is 35.3 Å². The predicted molar refractivity (Wildman–Crippen MR) is 77.4 cm³/mol. The number of rotatable bonds is 2. The Hall–Kier alpha value is -1.29. The molecular formula is C13H8Cl2N2S. The molecule has 18 heavy (non-hydrogen) atoms. The summed E-state index contributed by atoms with van der Waals surface area (Å²) in [4.78, 5) is 1.05. The molecule has 3 rings (SSSR count). The highest BCUT2D eigenvalue weighted by Gasteiger charge is 2.07. The van der Waals surface area contributed by atoms with Crippen molar-refractivity contribution in [3.63, 3.8) is 0 Å². The zero-order valence-corrected chi connectivity index (χ0v) is 11.5. The number of hydrogen-bond acceptors (Lipinski definition) is 2. The number of thiophene rings is 1. The highest BCUT2D eigenvalue weighted by atomic mass is 35.5. The van der Waals surface area contributed by atoms with E-state index in [9.17, 15) is 0 Å². The summed E-state index contributed by atoms with van der Waals surface area (Å²) in [5, 5.41) is 8.04. The van der Waals surface area contributed by atoms with Crippen LogP contribution in [0.5, 0.6) is 0 Å². The van der Waals surface area contributed by atoms with Gasteiger partial charge in [0.15, 0.2) is 0 Å². The highest BCUT2D eigenvalue weighted by Crippen LogP contribution is 2.31. The van der Waals surface area contributed by atoms with Gasteiger partial charge in [0.2, 0.25) is 0 Å². The third-order valence-corrected chi connectivity index (χ3v) is 4.06. The van der Waals surface area contributed by atoms with Crippen LogP contribution in [0.3, 0.4) is 0 Å². The van der Waals surface area contributed by atoms with E-state index >= 15 is 0 Å². The number of benzene rings is 1. The van der Waals surface area contributed by atoms with Crippen molar-refractivity contribution in [2.24, 2.45) is 0 Å². The van der Waals surface area contributed by atoms with E-state index in [0.29, 0.717) is 0 Å². The van der Waals surface area contributed by atoms with E-state index in [2.05, 4.69) is 10.2 Å². The molecule has 0 saturated carbocycles. The molecule has 1 aromatic carbocycles. The minimum atomic E-state index is 0.725. The lowest BCUT2D eigenvalue weighted by Gasteiger charge is -1.95. The molecule has 5 heteroatoms. The molecule has 3 aromatic rings. The minimum absolute atomic E-state index is 0.725. The van der Waals surface area contributed by atoms with E-state index < -0.39 is 0 Å². The Labute approximate surface area is 118 Å². The molecule has 0 amide bonds. The van der Waals surface area contributed by atoms with E-state index in [0.717, 1.165) is 31.2 Å². The van der Waals surface area contributed by atoms with Crippen LogP contribution in [0.1, 0.15) is 0 Å². The molecule has 1 N–H and O–H groups in total. The van der Waals surface area contributed by atoms with Crippen molar-refractivity contribution in [2.75, 3.05) is 0 Å². The Bertz CT molecular complexity index is 670. The standard InChI is InChI=1S/C13H8Cl2N2S/c14-9-3-1-8(2-4-9)10-7-11(17-16-10)12-5-6-13(15)18-12/h1-7H,(H,16,17). The fourth-order valence-electron chi connectivity index (χ4n) is 1.68. The number of aromatic nitrogens is 2.